The largest absolute Gasteiger partial charge is 0.460 e. The number of benzene rings is 1. The van der Waals surface area contributed by atoms with Crippen LogP contribution < -0.4 is 0 Å². The molecule has 2 aromatic rings. The van der Waals surface area contributed by atoms with Gasteiger partial charge in [0.2, 0.25) is 0 Å². The van der Waals surface area contributed by atoms with Gasteiger partial charge in [0.15, 0.2) is 0 Å². The van der Waals surface area contributed by atoms with Crippen LogP contribution in [0.3, 0.4) is 0 Å². The summed E-state index contributed by atoms with van der Waals surface area (Å²) in [6.07, 6.45) is 3.18. The summed E-state index contributed by atoms with van der Waals surface area (Å²) >= 11 is 5.94. The number of carbonyl (C=O) groups is 1. The van der Waals surface area contributed by atoms with Crippen LogP contribution in [-0.2, 0) is 9.47 Å². The highest BCUT2D eigenvalue weighted by Gasteiger charge is 2.39. The summed E-state index contributed by atoms with van der Waals surface area (Å²) in [5.74, 6) is 0.0293. The minimum atomic E-state index is -0.387. The molecule has 0 bridgehead atoms. The van der Waals surface area contributed by atoms with Crippen LogP contribution in [0.1, 0.15) is 29.0 Å². The highest BCUT2D eigenvalue weighted by atomic mass is 35.5. The number of nitrogens with zero attached hydrogens (tertiary/aromatic N) is 2. The zero-order chi connectivity index (χ0) is 16.3. The van der Waals surface area contributed by atoms with Crippen molar-refractivity contribution in [3.8, 4) is 0 Å². The van der Waals surface area contributed by atoms with Crippen molar-refractivity contribution in [1.82, 2.24) is 9.55 Å². The Morgan fingerprint density at radius 3 is 2.78 bits per heavy atom. The lowest BCUT2D eigenvalue weighted by atomic mass is 9.90. The first kappa shape index (κ1) is 16.0. The van der Waals surface area contributed by atoms with Crippen molar-refractivity contribution in [1.29, 1.82) is 0 Å². The molecule has 0 aliphatic carbocycles. The number of halogens is 1. The zero-order valence-electron chi connectivity index (χ0n) is 12.9. The van der Waals surface area contributed by atoms with E-state index in [9.17, 15) is 4.79 Å². The smallest absolute Gasteiger partial charge is 0.356 e. The van der Waals surface area contributed by atoms with Crippen molar-refractivity contribution in [3.05, 3.63) is 54.1 Å². The van der Waals surface area contributed by atoms with Gasteiger partial charge in [-0.1, -0.05) is 30.3 Å². The summed E-state index contributed by atoms with van der Waals surface area (Å²) < 4.78 is 12.4. The SMILES string of the molecule is C[C@H](c1ccccc1)n1cncc1C(=O)OCC1(CCl)COC1. The van der Waals surface area contributed by atoms with Gasteiger partial charge in [-0.2, -0.15) is 0 Å². The lowest BCUT2D eigenvalue weighted by Crippen LogP contribution is -2.48. The lowest BCUT2D eigenvalue weighted by molar-refractivity contribution is -0.125. The van der Waals surface area contributed by atoms with Gasteiger partial charge < -0.3 is 14.0 Å². The Hall–Kier alpha value is -1.85. The van der Waals surface area contributed by atoms with Crippen molar-refractivity contribution in [2.75, 3.05) is 25.7 Å². The van der Waals surface area contributed by atoms with Gasteiger partial charge in [0.1, 0.15) is 12.3 Å². The van der Waals surface area contributed by atoms with Gasteiger partial charge in [-0.05, 0) is 12.5 Å². The van der Waals surface area contributed by atoms with Crippen LogP contribution in [0.15, 0.2) is 42.9 Å². The van der Waals surface area contributed by atoms with Crippen molar-refractivity contribution in [2.45, 2.75) is 13.0 Å². The maximum Gasteiger partial charge on any atom is 0.356 e. The number of hydrogen-bond donors (Lipinski definition) is 0. The average Bonchev–Trinajstić information content (AvgIpc) is 3.04. The van der Waals surface area contributed by atoms with Crippen molar-refractivity contribution < 1.29 is 14.3 Å². The molecule has 0 amide bonds. The third kappa shape index (κ3) is 3.26. The fourth-order valence-corrected chi connectivity index (χ4v) is 2.78. The second kappa shape index (κ2) is 6.72. The molecule has 1 aliphatic heterocycles. The number of ether oxygens (including phenoxy) is 2. The first-order chi connectivity index (χ1) is 11.2. The monoisotopic (exact) mass is 334 g/mol. The fraction of sp³-hybridized carbons (Fsp3) is 0.412. The van der Waals surface area contributed by atoms with Gasteiger partial charge in [0, 0.05) is 5.88 Å². The molecule has 122 valence electrons. The minimum absolute atomic E-state index is 0.00438. The summed E-state index contributed by atoms with van der Waals surface area (Å²) in [5.41, 5.74) is 1.29. The molecule has 3 rings (SSSR count). The van der Waals surface area contributed by atoms with E-state index in [0.717, 1.165) is 5.56 Å². The predicted octanol–water partition coefficient (Wildman–Crippen LogP) is 2.90. The fourth-order valence-electron chi connectivity index (χ4n) is 2.55. The van der Waals surface area contributed by atoms with Gasteiger partial charge in [0.05, 0.1) is 37.2 Å². The normalized spacial score (nSPS) is 17.3. The maximum absolute atomic E-state index is 12.4. The highest BCUT2D eigenvalue weighted by molar-refractivity contribution is 6.18. The van der Waals surface area contributed by atoms with E-state index in [1.807, 2.05) is 41.8 Å². The highest BCUT2D eigenvalue weighted by Crippen LogP contribution is 2.29. The van der Waals surface area contributed by atoms with Crippen LogP contribution in [0.4, 0.5) is 0 Å². The van der Waals surface area contributed by atoms with Crippen molar-refractivity contribution >= 4 is 17.6 Å². The number of esters is 1. The first-order valence-corrected chi connectivity index (χ1v) is 8.06. The van der Waals surface area contributed by atoms with E-state index in [2.05, 4.69) is 4.98 Å². The van der Waals surface area contributed by atoms with Gasteiger partial charge in [-0.3, -0.25) is 0 Å². The quantitative estimate of drug-likeness (QED) is 0.602. The molecule has 0 radical (unpaired) electrons. The van der Waals surface area contributed by atoms with Gasteiger partial charge in [-0.15, -0.1) is 11.6 Å². The van der Waals surface area contributed by atoms with E-state index in [1.54, 1.807) is 6.33 Å². The van der Waals surface area contributed by atoms with E-state index in [0.29, 0.717) is 24.8 Å². The molecule has 1 saturated heterocycles. The molecule has 0 N–H and O–H groups in total. The summed E-state index contributed by atoms with van der Waals surface area (Å²) in [4.78, 5) is 16.5. The van der Waals surface area contributed by atoms with E-state index in [-0.39, 0.29) is 24.0 Å². The number of rotatable bonds is 6. The van der Waals surface area contributed by atoms with Crippen LogP contribution in [0.2, 0.25) is 0 Å². The molecule has 6 heteroatoms. The number of carbonyl (C=O) groups excluding carboxylic acids is 1. The number of aromatic nitrogens is 2. The van der Waals surface area contributed by atoms with E-state index >= 15 is 0 Å². The summed E-state index contributed by atoms with van der Waals surface area (Å²) in [6.45, 7) is 3.35. The second-order valence-electron chi connectivity index (χ2n) is 5.98. The molecule has 1 atom stereocenters. The van der Waals surface area contributed by atoms with Crippen LogP contribution in [-0.4, -0.2) is 41.2 Å². The number of hydrogen-bond acceptors (Lipinski definition) is 4. The van der Waals surface area contributed by atoms with Crippen LogP contribution in [0.5, 0.6) is 0 Å². The predicted molar refractivity (Wildman–Crippen MR) is 86.7 cm³/mol. The molecule has 1 aliphatic rings. The van der Waals surface area contributed by atoms with Crippen LogP contribution in [0.25, 0.3) is 0 Å². The molecular formula is C17H19ClN2O3. The standard InChI is InChI=1S/C17H19ClN2O3/c1-13(14-5-3-2-4-6-14)20-12-19-7-15(20)16(21)23-11-17(8-18)9-22-10-17/h2-7,12-13H,8-11H2,1H3/t13-/m1/s1. The third-order valence-corrected chi connectivity index (χ3v) is 4.75. The molecular weight excluding hydrogens is 316 g/mol. The average molecular weight is 335 g/mol. The number of alkyl halides is 1. The van der Waals surface area contributed by atoms with Gasteiger partial charge in [-0.25, -0.2) is 9.78 Å². The van der Waals surface area contributed by atoms with Gasteiger partial charge in [0.25, 0.3) is 0 Å². The molecule has 1 aromatic heterocycles. The van der Waals surface area contributed by atoms with Crippen LogP contribution >= 0.6 is 11.6 Å². The second-order valence-corrected chi connectivity index (χ2v) is 6.24. The van der Waals surface area contributed by atoms with E-state index in [1.165, 1.54) is 6.20 Å². The van der Waals surface area contributed by atoms with E-state index in [4.69, 9.17) is 21.1 Å². The molecule has 1 fully saturated rings. The Balaban J connectivity index is 1.71. The van der Waals surface area contributed by atoms with Crippen molar-refractivity contribution in [3.63, 3.8) is 0 Å². The van der Waals surface area contributed by atoms with E-state index < -0.39 is 0 Å². The maximum atomic E-state index is 12.4. The molecule has 0 saturated carbocycles. The summed E-state index contributed by atoms with van der Waals surface area (Å²) in [5, 5.41) is 0. The van der Waals surface area contributed by atoms with Crippen LogP contribution in [0, 0.1) is 5.41 Å². The number of imidazole rings is 1. The molecule has 1 aromatic carbocycles. The topological polar surface area (TPSA) is 53.4 Å². The summed E-state index contributed by atoms with van der Waals surface area (Å²) in [7, 11) is 0. The molecule has 2 heterocycles. The minimum Gasteiger partial charge on any atom is -0.460 e. The Kier molecular flexibility index (Phi) is 4.68. The summed E-state index contributed by atoms with van der Waals surface area (Å²) in [6, 6.07) is 9.95. The molecule has 0 unspecified atom stereocenters. The Morgan fingerprint density at radius 2 is 2.17 bits per heavy atom. The Bertz CT molecular complexity index is 662. The third-order valence-electron chi connectivity index (χ3n) is 4.18. The lowest BCUT2D eigenvalue weighted by Gasteiger charge is -2.38. The Morgan fingerprint density at radius 1 is 1.43 bits per heavy atom. The zero-order valence-corrected chi connectivity index (χ0v) is 13.7. The first-order valence-electron chi connectivity index (χ1n) is 7.53. The molecule has 0 spiro atoms. The van der Waals surface area contributed by atoms with Gasteiger partial charge >= 0.3 is 5.97 Å². The Labute approximate surface area is 140 Å². The molecule has 23 heavy (non-hydrogen) atoms. The van der Waals surface area contributed by atoms with Crippen molar-refractivity contribution in [2.24, 2.45) is 5.41 Å². The molecule has 5 nitrogen and oxygen atoms in total.